The molecule has 1 aliphatic rings. The predicted octanol–water partition coefficient (Wildman–Crippen LogP) is 4.95. The van der Waals surface area contributed by atoms with Gasteiger partial charge in [-0.3, -0.25) is 0 Å². The van der Waals surface area contributed by atoms with Crippen molar-refractivity contribution < 1.29 is 22.6 Å². The van der Waals surface area contributed by atoms with E-state index in [9.17, 15) is 13.2 Å². The molecular weight excluding hydrogens is 487 g/mol. The fourth-order valence-corrected chi connectivity index (χ4v) is 4.00. The van der Waals surface area contributed by atoms with Crippen molar-refractivity contribution in [2.45, 2.75) is 38.4 Å². The van der Waals surface area contributed by atoms with Gasteiger partial charge in [-0.05, 0) is 43.5 Å². The van der Waals surface area contributed by atoms with Gasteiger partial charge in [-0.25, -0.2) is 24.6 Å². The fourth-order valence-electron chi connectivity index (χ4n) is 4.00. The highest BCUT2D eigenvalue weighted by atomic mass is 19.4. The van der Waals surface area contributed by atoms with Gasteiger partial charge in [-0.1, -0.05) is 12.1 Å². The highest BCUT2D eigenvalue weighted by Gasteiger charge is 2.34. The summed E-state index contributed by atoms with van der Waals surface area (Å²) in [5.74, 6) is 2.09. The number of benzene rings is 1. The summed E-state index contributed by atoms with van der Waals surface area (Å²) in [6.45, 7) is 1.97. The molecule has 1 saturated carbocycles. The number of nitrogens with zero attached hydrogens (tertiary/aromatic N) is 6. The number of hydrogen-bond donors (Lipinski definition) is 1. The highest BCUT2D eigenvalue weighted by molar-refractivity contribution is 5.68. The molecule has 37 heavy (non-hydrogen) atoms. The van der Waals surface area contributed by atoms with Crippen LogP contribution in [0.3, 0.4) is 0 Å². The van der Waals surface area contributed by atoms with E-state index in [2.05, 4.69) is 30.4 Å². The first-order valence-electron chi connectivity index (χ1n) is 11.6. The number of aryl methyl sites for hydroxylation is 1. The van der Waals surface area contributed by atoms with E-state index in [1.165, 1.54) is 18.1 Å². The van der Waals surface area contributed by atoms with Crippen LogP contribution in [0.2, 0.25) is 0 Å². The van der Waals surface area contributed by atoms with E-state index in [4.69, 9.17) is 9.47 Å². The van der Waals surface area contributed by atoms with Gasteiger partial charge >= 0.3 is 6.18 Å². The Morgan fingerprint density at radius 3 is 2.43 bits per heavy atom. The quantitative estimate of drug-likeness (QED) is 0.355. The number of ether oxygens (including phenoxy) is 2. The number of aromatic nitrogens is 6. The van der Waals surface area contributed by atoms with Gasteiger partial charge in [0, 0.05) is 18.2 Å². The molecule has 1 N–H and O–H groups in total. The average molecular weight is 512 g/mol. The molecule has 0 amide bonds. The number of anilines is 1. The largest absolute Gasteiger partial charge is 0.491 e. The minimum absolute atomic E-state index is 0.332. The Morgan fingerprint density at radius 1 is 1.05 bits per heavy atom. The van der Waals surface area contributed by atoms with E-state index in [1.54, 1.807) is 32.4 Å². The zero-order valence-corrected chi connectivity index (χ0v) is 20.4. The number of halogens is 3. The first kappa shape index (κ1) is 24.5. The summed E-state index contributed by atoms with van der Waals surface area (Å²) in [6, 6.07) is 8.08. The maximum atomic E-state index is 13.0. The Hall–Kier alpha value is -4.22. The summed E-state index contributed by atoms with van der Waals surface area (Å²) < 4.78 is 51.2. The van der Waals surface area contributed by atoms with Gasteiger partial charge < -0.3 is 14.8 Å². The molecule has 1 fully saturated rings. The number of alkyl halides is 3. The van der Waals surface area contributed by atoms with Crippen LogP contribution >= 0.6 is 0 Å². The molecule has 3 aromatic heterocycles. The van der Waals surface area contributed by atoms with E-state index in [1.807, 2.05) is 12.1 Å². The number of hydrogen-bond acceptors (Lipinski definition) is 8. The van der Waals surface area contributed by atoms with Gasteiger partial charge in [0.15, 0.2) is 23.1 Å². The third-order valence-corrected chi connectivity index (χ3v) is 6.02. The van der Waals surface area contributed by atoms with Crippen LogP contribution < -0.4 is 14.8 Å². The van der Waals surface area contributed by atoms with Crippen molar-refractivity contribution in [1.29, 1.82) is 0 Å². The summed E-state index contributed by atoms with van der Waals surface area (Å²) >= 11 is 0. The van der Waals surface area contributed by atoms with E-state index < -0.39 is 11.9 Å². The van der Waals surface area contributed by atoms with Crippen molar-refractivity contribution in [3.05, 3.63) is 65.5 Å². The second kappa shape index (κ2) is 9.68. The van der Waals surface area contributed by atoms with Crippen LogP contribution in [0.4, 0.5) is 19.0 Å². The molecule has 0 saturated heterocycles. The van der Waals surface area contributed by atoms with Crippen LogP contribution in [0, 0.1) is 6.92 Å². The van der Waals surface area contributed by atoms with Crippen molar-refractivity contribution in [3.63, 3.8) is 0 Å². The number of rotatable bonds is 8. The Balaban J connectivity index is 1.38. The second-order valence-electron chi connectivity index (χ2n) is 8.63. The molecule has 0 atom stereocenters. The molecule has 12 heteroatoms. The van der Waals surface area contributed by atoms with Gasteiger partial charge in [0.2, 0.25) is 5.88 Å². The molecule has 4 aromatic rings. The maximum absolute atomic E-state index is 13.0. The first-order valence-corrected chi connectivity index (χ1v) is 11.6. The average Bonchev–Trinajstić information content (AvgIpc) is 3.67. The molecule has 0 bridgehead atoms. The van der Waals surface area contributed by atoms with Gasteiger partial charge in [-0.15, -0.1) is 0 Å². The van der Waals surface area contributed by atoms with Crippen molar-refractivity contribution in [2.75, 3.05) is 19.5 Å². The molecule has 0 spiro atoms. The topological polar surface area (TPSA) is 99.9 Å². The summed E-state index contributed by atoms with van der Waals surface area (Å²) in [6.07, 6.45) is 0.650. The highest BCUT2D eigenvalue weighted by Crippen LogP contribution is 2.45. The van der Waals surface area contributed by atoms with Gasteiger partial charge in [-0.2, -0.15) is 18.3 Å². The molecule has 3 heterocycles. The Kier molecular flexibility index (Phi) is 6.40. The Labute approximate surface area is 210 Å². The first-order chi connectivity index (χ1) is 17.8. The van der Waals surface area contributed by atoms with Gasteiger partial charge in [0.25, 0.3) is 0 Å². The lowest BCUT2D eigenvalue weighted by molar-refractivity contribution is -0.141. The van der Waals surface area contributed by atoms with Crippen LogP contribution in [-0.2, 0) is 12.7 Å². The van der Waals surface area contributed by atoms with Gasteiger partial charge in [0.05, 0.1) is 31.8 Å². The fraction of sp³-hybridized carbons (Fsp3) is 0.320. The molecule has 192 valence electrons. The zero-order chi connectivity index (χ0) is 26.2. The van der Waals surface area contributed by atoms with Crippen molar-refractivity contribution in [1.82, 2.24) is 29.7 Å². The minimum atomic E-state index is -4.50. The summed E-state index contributed by atoms with van der Waals surface area (Å²) in [5, 5.41) is 6.95. The molecule has 0 aliphatic heterocycles. The van der Waals surface area contributed by atoms with E-state index in [-0.39, 0.29) is 0 Å². The molecule has 0 radical (unpaired) electrons. The molecule has 1 aromatic carbocycles. The molecule has 5 rings (SSSR count). The lowest BCUT2D eigenvalue weighted by Crippen LogP contribution is -2.08. The molecule has 0 unspecified atom stereocenters. The molecular formula is C25H24F3N7O2. The SMILES string of the molecule is COc1cnc(-c2c(OC)ncnc2C2CC2)nc1NCc1ccc(-n2nc(C(F)(F)F)cc2C)cc1. The summed E-state index contributed by atoms with van der Waals surface area (Å²) in [5.41, 5.74) is 2.40. The van der Waals surface area contributed by atoms with E-state index in [0.29, 0.717) is 52.7 Å². The third-order valence-electron chi connectivity index (χ3n) is 6.02. The normalized spacial score (nSPS) is 13.5. The van der Waals surface area contributed by atoms with Crippen LogP contribution in [-0.4, -0.2) is 43.9 Å². The molecule has 1 aliphatic carbocycles. The number of nitrogens with one attached hydrogen (secondary N) is 1. The van der Waals surface area contributed by atoms with Crippen LogP contribution in [0.5, 0.6) is 11.6 Å². The predicted molar refractivity (Wildman–Crippen MR) is 129 cm³/mol. The van der Waals surface area contributed by atoms with Crippen LogP contribution in [0.25, 0.3) is 17.1 Å². The van der Waals surface area contributed by atoms with Crippen molar-refractivity contribution in [3.8, 4) is 28.7 Å². The third kappa shape index (κ3) is 5.04. The van der Waals surface area contributed by atoms with Crippen molar-refractivity contribution in [2.24, 2.45) is 0 Å². The van der Waals surface area contributed by atoms with Crippen molar-refractivity contribution >= 4 is 5.82 Å². The monoisotopic (exact) mass is 511 g/mol. The smallest absolute Gasteiger partial charge is 0.435 e. The standard InChI is InChI=1S/C25H24F3N7O2/c1-14-10-19(25(26,27)28)34-35(14)17-8-4-15(5-9-17)11-29-22-18(36-2)12-30-23(33-22)20-21(16-6-7-16)31-13-32-24(20)37-3/h4-5,8-10,12-13,16H,6-7,11H2,1-3H3,(H,29,30,33). The Bertz CT molecular complexity index is 1420. The Morgan fingerprint density at radius 2 is 1.81 bits per heavy atom. The van der Waals surface area contributed by atoms with Crippen LogP contribution in [0.1, 0.15) is 41.4 Å². The lowest BCUT2D eigenvalue weighted by atomic mass is 10.1. The van der Waals surface area contributed by atoms with Gasteiger partial charge in [0.1, 0.15) is 11.9 Å². The maximum Gasteiger partial charge on any atom is 0.435 e. The lowest BCUT2D eigenvalue weighted by Gasteiger charge is -2.14. The molecule has 9 nitrogen and oxygen atoms in total. The minimum Gasteiger partial charge on any atom is -0.491 e. The summed E-state index contributed by atoms with van der Waals surface area (Å²) in [7, 11) is 3.07. The summed E-state index contributed by atoms with van der Waals surface area (Å²) in [4.78, 5) is 17.8. The van der Waals surface area contributed by atoms with E-state index in [0.717, 1.165) is 30.2 Å². The number of methoxy groups -OCH3 is 2. The van der Waals surface area contributed by atoms with E-state index >= 15 is 0 Å². The zero-order valence-electron chi connectivity index (χ0n) is 20.4. The van der Waals surface area contributed by atoms with Crippen LogP contribution in [0.15, 0.2) is 42.9 Å². The second-order valence-corrected chi connectivity index (χ2v) is 8.63.